The minimum atomic E-state index is -4.46. The average molecular weight is 576 g/mol. The van der Waals surface area contributed by atoms with Gasteiger partial charge in [0.1, 0.15) is 11.3 Å². The number of rotatable bonds is 2. The normalized spacial score (nSPS) is 14.4. The first kappa shape index (κ1) is 22.2. The second-order valence-electron chi connectivity index (χ2n) is 5.46. The van der Waals surface area contributed by atoms with Crippen LogP contribution in [0.15, 0.2) is 28.7 Å². The van der Waals surface area contributed by atoms with Crippen molar-refractivity contribution in [1.29, 1.82) is 0 Å². The molecule has 146 valence electrons. The van der Waals surface area contributed by atoms with Gasteiger partial charge in [0.25, 0.3) is 0 Å². The number of hydrogen-bond donors (Lipinski definition) is 0. The topological polar surface area (TPSA) is 46.6 Å². The lowest BCUT2D eigenvalue weighted by atomic mass is 9.99. The molecule has 0 bridgehead atoms. The van der Waals surface area contributed by atoms with Crippen molar-refractivity contribution in [3.8, 4) is 5.75 Å². The van der Waals surface area contributed by atoms with Gasteiger partial charge < -0.3 is 4.74 Å². The molecule has 0 aromatic heterocycles. The Kier molecular flexibility index (Phi) is 7.32. The molecule has 4 nitrogen and oxygen atoms in total. The highest BCUT2D eigenvalue weighted by molar-refractivity contribution is 9.10. The maximum Gasteiger partial charge on any atom is 0.420 e. The number of ether oxygens (including phenoxy) is 1. The van der Waals surface area contributed by atoms with E-state index in [1.807, 2.05) is 0 Å². The van der Waals surface area contributed by atoms with E-state index in [-0.39, 0.29) is 23.0 Å². The number of alkyl halides is 4. The fraction of sp³-hybridized carbons (Fsp3) is 0.294. The lowest BCUT2D eigenvalue weighted by Gasteiger charge is -2.16. The summed E-state index contributed by atoms with van der Waals surface area (Å²) in [5.41, 5.74) is 0.0489. The lowest BCUT2D eigenvalue weighted by Crippen LogP contribution is -2.16. The van der Waals surface area contributed by atoms with E-state index < -0.39 is 11.7 Å². The number of benzene rings is 2. The molecule has 1 fully saturated rings. The zero-order chi connectivity index (χ0) is 20.4. The molecule has 0 atom stereocenters. The number of methoxy groups -OCH3 is 1. The zero-order valence-corrected chi connectivity index (χ0v) is 18.6. The van der Waals surface area contributed by atoms with E-state index in [1.165, 1.54) is 19.2 Å². The third-order valence-electron chi connectivity index (χ3n) is 3.84. The number of nitrogens with zero attached hydrogens (tertiary/aromatic N) is 1. The van der Waals surface area contributed by atoms with Crippen molar-refractivity contribution < 1.29 is 27.5 Å². The Morgan fingerprint density at radius 2 is 1.63 bits per heavy atom. The van der Waals surface area contributed by atoms with Crippen molar-refractivity contribution in [2.24, 2.45) is 0 Å². The van der Waals surface area contributed by atoms with E-state index >= 15 is 0 Å². The summed E-state index contributed by atoms with van der Waals surface area (Å²) >= 11 is 9.45. The van der Waals surface area contributed by atoms with Gasteiger partial charge in [-0.1, -0.05) is 44.0 Å². The maximum absolute atomic E-state index is 13.2. The quantitative estimate of drug-likeness (QED) is 0.252. The van der Waals surface area contributed by atoms with Crippen LogP contribution in [0.5, 0.6) is 5.75 Å². The van der Waals surface area contributed by atoms with Crippen molar-refractivity contribution in [1.82, 2.24) is 3.93 Å². The molecule has 1 aliphatic rings. The molecule has 2 aromatic carbocycles. The third-order valence-corrected chi connectivity index (χ3v) is 5.94. The summed E-state index contributed by atoms with van der Waals surface area (Å²) in [7, 11) is 1.24. The van der Waals surface area contributed by atoms with Crippen LogP contribution in [0.2, 0.25) is 0 Å². The molecule has 0 saturated carbocycles. The largest absolute Gasteiger partial charge is 0.496 e. The van der Waals surface area contributed by atoms with E-state index in [0.29, 0.717) is 23.6 Å². The summed E-state index contributed by atoms with van der Waals surface area (Å²) in [5.74, 6) is -0.451. The Hall–Kier alpha value is -1.13. The van der Waals surface area contributed by atoms with E-state index in [1.54, 1.807) is 12.1 Å². The number of halogens is 6. The molecule has 3 rings (SSSR count). The Balaban J connectivity index is 0.000000273. The SMILES string of the molecule is COc1ccc2c(CBr)c(Br)ccc2c1C(F)(F)F.O=C1CCC(=O)N1Br. The highest BCUT2D eigenvalue weighted by atomic mass is 79.9. The molecule has 0 spiro atoms. The molecule has 0 radical (unpaired) electrons. The van der Waals surface area contributed by atoms with Crippen molar-refractivity contribution >= 4 is 70.6 Å². The third kappa shape index (κ3) is 4.83. The average Bonchev–Trinajstić information content (AvgIpc) is 2.91. The van der Waals surface area contributed by atoms with Crippen LogP contribution in [0.1, 0.15) is 24.0 Å². The predicted molar refractivity (Wildman–Crippen MR) is 106 cm³/mol. The zero-order valence-electron chi connectivity index (χ0n) is 13.9. The van der Waals surface area contributed by atoms with Crippen LogP contribution in [0.4, 0.5) is 13.2 Å². The molecule has 2 amide bonds. The van der Waals surface area contributed by atoms with Gasteiger partial charge in [0, 0.05) is 22.6 Å². The van der Waals surface area contributed by atoms with Crippen LogP contribution < -0.4 is 4.74 Å². The molecule has 2 aromatic rings. The molecule has 1 saturated heterocycles. The van der Waals surface area contributed by atoms with Crippen LogP contribution in [0, 0.1) is 0 Å². The first-order chi connectivity index (χ1) is 12.6. The first-order valence-corrected chi connectivity index (χ1v) is 10.2. The van der Waals surface area contributed by atoms with Crippen LogP contribution >= 0.6 is 48.0 Å². The monoisotopic (exact) mass is 573 g/mol. The van der Waals surface area contributed by atoms with Crippen LogP contribution in [-0.2, 0) is 21.1 Å². The van der Waals surface area contributed by atoms with Gasteiger partial charge in [0.05, 0.1) is 23.3 Å². The highest BCUT2D eigenvalue weighted by Crippen LogP contribution is 2.43. The lowest BCUT2D eigenvalue weighted by molar-refractivity contribution is -0.137. The summed E-state index contributed by atoms with van der Waals surface area (Å²) in [6.45, 7) is 0. The Labute approximate surface area is 178 Å². The van der Waals surface area contributed by atoms with Crippen molar-refractivity contribution in [2.75, 3.05) is 7.11 Å². The van der Waals surface area contributed by atoms with E-state index in [0.717, 1.165) is 14.0 Å². The summed E-state index contributed by atoms with van der Waals surface area (Å²) in [6.07, 6.45) is -3.75. The smallest absolute Gasteiger partial charge is 0.420 e. The number of carbonyl (C=O) groups is 2. The Bertz CT molecular complexity index is 871. The maximum atomic E-state index is 13.2. The molecule has 0 aliphatic carbocycles. The summed E-state index contributed by atoms with van der Waals surface area (Å²) in [4.78, 5) is 20.9. The first-order valence-electron chi connectivity index (χ1n) is 7.54. The van der Waals surface area contributed by atoms with Gasteiger partial charge in [0.2, 0.25) is 11.8 Å². The molecule has 0 N–H and O–H groups in total. The molecule has 27 heavy (non-hydrogen) atoms. The number of amides is 2. The Morgan fingerprint density at radius 1 is 1.07 bits per heavy atom. The highest BCUT2D eigenvalue weighted by Gasteiger charge is 2.36. The summed E-state index contributed by atoms with van der Waals surface area (Å²) in [6, 6.07) is 6.07. The standard InChI is InChI=1S/C13H9Br2F3O.C4H4BrNO2/c1-19-11-5-3-7-8(12(11)13(16,17)18)2-4-10(15)9(7)6-14;5-6-3(7)1-2-4(6)8/h2-5H,6H2,1H3;1-2H2. The minimum Gasteiger partial charge on any atom is -0.496 e. The van der Waals surface area contributed by atoms with E-state index in [2.05, 4.69) is 48.0 Å². The molecule has 1 aliphatic heterocycles. The van der Waals surface area contributed by atoms with Gasteiger partial charge >= 0.3 is 6.18 Å². The Morgan fingerprint density at radius 3 is 2.04 bits per heavy atom. The van der Waals surface area contributed by atoms with Crippen molar-refractivity contribution in [3.05, 3.63) is 39.9 Å². The molecule has 10 heteroatoms. The molecular weight excluding hydrogens is 563 g/mol. The number of fused-ring (bicyclic) bond motifs is 1. The van der Waals surface area contributed by atoms with Crippen LogP contribution in [0.3, 0.4) is 0 Å². The van der Waals surface area contributed by atoms with Gasteiger partial charge in [0.15, 0.2) is 0 Å². The van der Waals surface area contributed by atoms with E-state index in [4.69, 9.17) is 4.74 Å². The van der Waals surface area contributed by atoms with Crippen LogP contribution in [-0.4, -0.2) is 22.9 Å². The van der Waals surface area contributed by atoms with Gasteiger partial charge in [-0.05, 0) is 28.5 Å². The molecular formula is C17H13Br3F3NO3. The van der Waals surface area contributed by atoms with Gasteiger partial charge in [-0.15, -0.1) is 0 Å². The predicted octanol–water partition coefficient (Wildman–Crippen LogP) is 5.97. The van der Waals surface area contributed by atoms with Gasteiger partial charge in [-0.3, -0.25) is 9.59 Å². The number of imide groups is 1. The van der Waals surface area contributed by atoms with Crippen molar-refractivity contribution in [2.45, 2.75) is 24.3 Å². The number of hydrogen-bond acceptors (Lipinski definition) is 3. The van der Waals surface area contributed by atoms with E-state index in [9.17, 15) is 22.8 Å². The van der Waals surface area contributed by atoms with Gasteiger partial charge in [-0.2, -0.15) is 13.2 Å². The second-order valence-corrected chi connectivity index (χ2v) is 7.59. The second kappa shape index (κ2) is 8.91. The fourth-order valence-electron chi connectivity index (χ4n) is 2.57. The fourth-order valence-corrected chi connectivity index (χ4v) is 4.39. The number of carbonyl (C=O) groups excluding carboxylic acids is 2. The van der Waals surface area contributed by atoms with Crippen molar-refractivity contribution in [3.63, 3.8) is 0 Å². The van der Waals surface area contributed by atoms with Gasteiger partial charge in [-0.25, -0.2) is 3.93 Å². The molecule has 1 heterocycles. The van der Waals surface area contributed by atoms with Crippen LogP contribution in [0.25, 0.3) is 10.8 Å². The molecule has 0 unspecified atom stereocenters. The summed E-state index contributed by atoms with van der Waals surface area (Å²) in [5, 5.41) is 1.16. The summed E-state index contributed by atoms with van der Waals surface area (Å²) < 4.78 is 46.2. The minimum absolute atomic E-state index is 0.143.